The molecule has 0 aliphatic carbocycles. The van der Waals surface area contributed by atoms with Gasteiger partial charge >= 0.3 is 11.7 Å². The van der Waals surface area contributed by atoms with Crippen LogP contribution in [0.15, 0.2) is 12.1 Å². The standard InChI is InChI=1S/C7H6F2N2O3/c1-14-7-4(6(8)9)2-3-5(10-7)11(12)13/h2-3,6H,1H3. The third-order valence-corrected chi connectivity index (χ3v) is 1.49. The number of halogens is 2. The van der Waals surface area contributed by atoms with E-state index in [-0.39, 0.29) is 0 Å². The number of ether oxygens (including phenoxy) is 1. The highest BCUT2D eigenvalue weighted by molar-refractivity contribution is 5.34. The maximum atomic E-state index is 12.3. The predicted octanol–water partition coefficient (Wildman–Crippen LogP) is 1.94. The van der Waals surface area contributed by atoms with Gasteiger partial charge < -0.3 is 14.9 Å². The third-order valence-electron chi connectivity index (χ3n) is 1.49. The van der Waals surface area contributed by atoms with Crippen LogP contribution in [0.5, 0.6) is 5.88 Å². The molecule has 0 N–H and O–H groups in total. The van der Waals surface area contributed by atoms with E-state index in [4.69, 9.17) is 0 Å². The number of methoxy groups -OCH3 is 1. The Hall–Kier alpha value is -1.79. The lowest BCUT2D eigenvalue weighted by Gasteiger charge is -2.01. The molecule has 0 aliphatic heterocycles. The lowest BCUT2D eigenvalue weighted by molar-refractivity contribution is -0.389. The first-order chi connectivity index (χ1) is 6.56. The van der Waals surface area contributed by atoms with Crippen LogP contribution in [0.25, 0.3) is 0 Å². The van der Waals surface area contributed by atoms with Crippen molar-refractivity contribution in [2.75, 3.05) is 7.11 Å². The van der Waals surface area contributed by atoms with E-state index >= 15 is 0 Å². The van der Waals surface area contributed by atoms with Gasteiger partial charge in [-0.3, -0.25) is 0 Å². The molecule has 1 rings (SSSR count). The molecular weight excluding hydrogens is 198 g/mol. The van der Waals surface area contributed by atoms with E-state index < -0.39 is 28.6 Å². The molecular formula is C7H6F2N2O3. The summed E-state index contributed by atoms with van der Waals surface area (Å²) in [7, 11) is 1.12. The Bertz CT molecular complexity index is 357. The number of hydrogen-bond donors (Lipinski definition) is 0. The van der Waals surface area contributed by atoms with E-state index in [1.165, 1.54) is 0 Å². The van der Waals surface area contributed by atoms with E-state index in [2.05, 4.69) is 9.72 Å². The average molecular weight is 204 g/mol. The Labute approximate surface area is 77.5 Å². The molecule has 76 valence electrons. The van der Waals surface area contributed by atoms with Gasteiger partial charge in [0, 0.05) is 11.1 Å². The fourth-order valence-corrected chi connectivity index (χ4v) is 0.873. The molecule has 14 heavy (non-hydrogen) atoms. The van der Waals surface area contributed by atoms with Crippen molar-refractivity contribution in [2.24, 2.45) is 0 Å². The van der Waals surface area contributed by atoms with Gasteiger partial charge in [0.2, 0.25) is 0 Å². The van der Waals surface area contributed by atoms with Gasteiger partial charge in [-0.05, 0) is 11.0 Å². The molecule has 0 saturated carbocycles. The molecule has 7 heteroatoms. The number of rotatable bonds is 3. The highest BCUT2D eigenvalue weighted by Crippen LogP contribution is 2.28. The smallest absolute Gasteiger partial charge is 0.367 e. The van der Waals surface area contributed by atoms with Crippen LogP contribution in [-0.2, 0) is 0 Å². The molecule has 0 aromatic carbocycles. The van der Waals surface area contributed by atoms with Crippen LogP contribution < -0.4 is 4.74 Å². The molecule has 0 radical (unpaired) electrons. The predicted molar refractivity (Wildman–Crippen MR) is 42.4 cm³/mol. The van der Waals surface area contributed by atoms with Gasteiger partial charge in [0.25, 0.3) is 6.43 Å². The Morgan fingerprint density at radius 2 is 2.21 bits per heavy atom. The topological polar surface area (TPSA) is 65.3 Å². The lowest BCUT2D eigenvalue weighted by atomic mass is 10.3. The van der Waals surface area contributed by atoms with Gasteiger partial charge in [-0.25, -0.2) is 8.78 Å². The number of nitro groups is 1. The summed E-state index contributed by atoms with van der Waals surface area (Å²) in [6, 6.07) is 1.83. The minimum absolute atomic E-state index is 0.422. The molecule has 0 aliphatic rings. The molecule has 0 amide bonds. The van der Waals surface area contributed by atoms with Crippen molar-refractivity contribution in [3.8, 4) is 5.88 Å². The summed E-state index contributed by atoms with van der Waals surface area (Å²) in [5.41, 5.74) is -0.460. The van der Waals surface area contributed by atoms with Gasteiger partial charge in [0.05, 0.1) is 7.11 Å². The van der Waals surface area contributed by atoms with Gasteiger partial charge in [-0.2, -0.15) is 0 Å². The number of hydrogen-bond acceptors (Lipinski definition) is 4. The largest absolute Gasteiger partial charge is 0.462 e. The molecule has 1 aromatic heterocycles. The molecule has 0 saturated heterocycles. The van der Waals surface area contributed by atoms with Gasteiger partial charge in [-0.1, -0.05) is 0 Å². The first kappa shape index (κ1) is 10.3. The van der Waals surface area contributed by atoms with Crippen LogP contribution in [0.2, 0.25) is 0 Å². The Morgan fingerprint density at radius 3 is 2.64 bits per heavy atom. The summed E-state index contributed by atoms with van der Waals surface area (Å²) in [4.78, 5) is 12.8. The van der Waals surface area contributed by atoms with E-state index in [1.54, 1.807) is 0 Å². The number of pyridine rings is 1. The number of aromatic nitrogens is 1. The highest BCUT2D eigenvalue weighted by atomic mass is 19.3. The maximum absolute atomic E-state index is 12.3. The molecule has 1 aromatic rings. The van der Waals surface area contributed by atoms with Crippen molar-refractivity contribution in [1.29, 1.82) is 0 Å². The van der Waals surface area contributed by atoms with Crippen molar-refractivity contribution in [3.05, 3.63) is 27.8 Å². The van der Waals surface area contributed by atoms with Crippen molar-refractivity contribution < 1.29 is 18.4 Å². The van der Waals surface area contributed by atoms with Crippen LogP contribution in [0.4, 0.5) is 14.6 Å². The van der Waals surface area contributed by atoms with Crippen LogP contribution in [0.3, 0.4) is 0 Å². The van der Waals surface area contributed by atoms with Crippen LogP contribution >= 0.6 is 0 Å². The minimum atomic E-state index is -2.77. The van der Waals surface area contributed by atoms with E-state index in [0.717, 1.165) is 19.2 Å². The molecule has 1 heterocycles. The fraction of sp³-hybridized carbons (Fsp3) is 0.286. The van der Waals surface area contributed by atoms with Crippen molar-refractivity contribution in [3.63, 3.8) is 0 Å². The quantitative estimate of drug-likeness (QED) is 0.557. The molecule has 0 unspecified atom stereocenters. The summed E-state index contributed by atoms with van der Waals surface area (Å²) in [5, 5.41) is 10.3. The van der Waals surface area contributed by atoms with Gasteiger partial charge in [0.1, 0.15) is 5.56 Å². The second kappa shape index (κ2) is 3.95. The first-order valence-corrected chi connectivity index (χ1v) is 3.53. The molecule has 0 spiro atoms. The third kappa shape index (κ3) is 1.93. The average Bonchev–Trinajstić information content (AvgIpc) is 2.16. The zero-order chi connectivity index (χ0) is 10.7. The fourth-order valence-electron chi connectivity index (χ4n) is 0.873. The lowest BCUT2D eigenvalue weighted by Crippen LogP contribution is -1.99. The number of nitrogens with zero attached hydrogens (tertiary/aromatic N) is 2. The maximum Gasteiger partial charge on any atom is 0.367 e. The van der Waals surface area contributed by atoms with Crippen LogP contribution in [0.1, 0.15) is 12.0 Å². The normalized spacial score (nSPS) is 10.3. The first-order valence-electron chi connectivity index (χ1n) is 3.53. The van der Waals surface area contributed by atoms with Gasteiger partial charge in [-0.15, -0.1) is 0 Å². The summed E-state index contributed by atoms with van der Waals surface area (Å²) in [5.74, 6) is -0.944. The van der Waals surface area contributed by atoms with Crippen molar-refractivity contribution in [1.82, 2.24) is 4.98 Å². The van der Waals surface area contributed by atoms with Crippen molar-refractivity contribution >= 4 is 5.82 Å². The summed E-state index contributed by atoms with van der Waals surface area (Å²) in [6.45, 7) is 0. The Kier molecular flexibility index (Phi) is 2.90. The van der Waals surface area contributed by atoms with E-state index in [0.29, 0.717) is 0 Å². The monoisotopic (exact) mass is 204 g/mol. The van der Waals surface area contributed by atoms with Crippen molar-refractivity contribution in [2.45, 2.75) is 6.43 Å². The Morgan fingerprint density at radius 1 is 1.57 bits per heavy atom. The molecule has 5 nitrogen and oxygen atoms in total. The highest BCUT2D eigenvalue weighted by Gasteiger charge is 2.21. The SMILES string of the molecule is COc1nc([N+](=O)[O-])ccc1C(F)F. The minimum Gasteiger partial charge on any atom is -0.462 e. The Balaban J connectivity index is 3.18. The van der Waals surface area contributed by atoms with E-state index in [1.807, 2.05) is 0 Å². The molecule has 0 bridgehead atoms. The second-order valence-electron chi connectivity index (χ2n) is 2.33. The van der Waals surface area contributed by atoms with E-state index in [9.17, 15) is 18.9 Å². The van der Waals surface area contributed by atoms with Gasteiger partial charge in [0.15, 0.2) is 0 Å². The summed E-state index contributed by atoms with van der Waals surface area (Å²) in [6.07, 6.45) is -2.77. The zero-order valence-electron chi connectivity index (χ0n) is 7.11. The molecule has 0 atom stereocenters. The second-order valence-corrected chi connectivity index (χ2v) is 2.33. The summed E-state index contributed by atoms with van der Waals surface area (Å²) >= 11 is 0. The van der Waals surface area contributed by atoms with Crippen LogP contribution in [0, 0.1) is 10.1 Å². The number of alkyl halides is 2. The summed E-state index contributed by atoms with van der Waals surface area (Å²) < 4.78 is 29.0. The zero-order valence-corrected chi connectivity index (χ0v) is 7.11. The molecule has 0 fully saturated rings. The van der Waals surface area contributed by atoms with Crippen LogP contribution in [-0.4, -0.2) is 17.0 Å².